The highest BCUT2D eigenvalue weighted by molar-refractivity contribution is 6.00. The number of piperazine rings is 1. The van der Waals surface area contributed by atoms with Crippen LogP contribution in [-0.4, -0.2) is 45.4 Å². The van der Waals surface area contributed by atoms with E-state index in [2.05, 4.69) is 10.3 Å². The zero-order valence-electron chi connectivity index (χ0n) is 12.9. The second kappa shape index (κ2) is 5.79. The molecule has 0 radical (unpaired) electrons. The smallest absolute Gasteiger partial charge is 0.254 e. The van der Waals surface area contributed by atoms with Gasteiger partial charge >= 0.3 is 0 Å². The largest absolute Gasteiger partial charge is 0.353 e. The van der Waals surface area contributed by atoms with Crippen LogP contribution in [0.3, 0.4) is 0 Å². The zero-order valence-corrected chi connectivity index (χ0v) is 12.9. The molecule has 6 nitrogen and oxygen atoms in total. The van der Waals surface area contributed by atoms with Crippen molar-refractivity contribution in [2.24, 2.45) is 7.05 Å². The van der Waals surface area contributed by atoms with Gasteiger partial charge in [-0.3, -0.25) is 9.59 Å². The molecule has 1 saturated heterocycles. The van der Waals surface area contributed by atoms with Gasteiger partial charge in [-0.2, -0.15) is 0 Å². The zero-order chi connectivity index (χ0) is 15.7. The SMILES string of the molecule is CCCC1C(=O)NCCN1C(=O)c1ccc2c(c1)ncn2C. The second-order valence-corrected chi connectivity index (χ2v) is 5.65. The second-order valence-electron chi connectivity index (χ2n) is 5.65. The van der Waals surface area contributed by atoms with Gasteiger partial charge in [0.25, 0.3) is 5.91 Å². The molecule has 0 aliphatic carbocycles. The molecule has 1 fully saturated rings. The van der Waals surface area contributed by atoms with Crippen LogP contribution >= 0.6 is 0 Å². The number of nitrogens with one attached hydrogen (secondary N) is 1. The quantitative estimate of drug-likeness (QED) is 0.929. The molecule has 1 aliphatic heterocycles. The van der Waals surface area contributed by atoms with Crippen molar-refractivity contribution in [2.45, 2.75) is 25.8 Å². The summed E-state index contributed by atoms with van der Waals surface area (Å²) in [6.45, 7) is 3.08. The van der Waals surface area contributed by atoms with E-state index in [-0.39, 0.29) is 17.9 Å². The molecule has 1 aromatic carbocycles. The monoisotopic (exact) mass is 300 g/mol. The van der Waals surface area contributed by atoms with Gasteiger partial charge in [0.2, 0.25) is 5.91 Å². The van der Waals surface area contributed by atoms with Crippen molar-refractivity contribution < 1.29 is 9.59 Å². The number of aromatic nitrogens is 2. The van der Waals surface area contributed by atoms with Crippen molar-refractivity contribution in [3.8, 4) is 0 Å². The highest BCUT2D eigenvalue weighted by atomic mass is 16.2. The topological polar surface area (TPSA) is 67.2 Å². The summed E-state index contributed by atoms with van der Waals surface area (Å²) in [5.41, 5.74) is 2.36. The fraction of sp³-hybridized carbons (Fsp3) is 0.438. The first-order valence-corrected chi connectivity index (χ1v) is 7.61. The predicted octanol–water partition coefficient (Wildman–Crippen LogP) is 1.31. The molecule has 2 aromatic rings. The van der Waals surface area contributed by atoms with Crippen LogP contribution in [0.5, 0.6) is 0 Å². The first-order chi connectivity index (χ1) is 10.6. The highest BCUT2D eigenvalue weighted by Crippen LogP contribution is 2.19. The van der Waals surface area contributed by atoms with Crippen LogP contribution in [-0.2, 0) is 11.8 Å². The number of nitrogens with zero attached hydrogens (tertiary/aromatic N) is 3. The summed E-state index contributed by atoms with van der Waals surface area (Å²) in [6, 6.07) is 5.13. The molecule has 2 heterocycles. The van der Waals surface area contributed by atoms with Crippen molar-refractivity contribution in [1.82, 2.24) is 19.8 Å². The van der Waals surface area contributed by atoms with Crippen LogP contribution in [0, 0.1) is 0 Å². The molecule has 22 heavy (non-hydrogen) atoms. The Hall–Kier alpha value is -2.37. The van der Waals surface area contributed by atoms with Gasteiger partial charge in [0.1, 0.15) is 6.04 Å². The van der Waals surface area contributed by atoms with Gasteiger partial charge < -0.3 is 14.8 Å². The number of hydrogen-bond donors (Lipinski definition) is 1. The summed E-state index contributed by atoms with van der Waals surface area (Å²) in [5, 5.41) is 2.84. The fourth-order valence-electron chi connectivity index (χ4n) is 2.95. The average Bonchev–Trinajstić information content (AvgIpc) is 2.89. The van der Waals surface area contributed by atoms with Crippen molar-refractivity contribution in [2.75, 3.05) is 13.1 Å². The molecule has 0 saturated carbocycles. The van der Waals surface area contributed by atoms with Crippen LogP contribution in [0.2, 0.25) is 0 Å². The Balaban J connectivity index is 1.91. The van der Waals surface area contributed by atoms with E-state index in [1.54, 1.807) is 17.3 Å². The molecule has 0 bridgehead atoms. The van der Waals surface area contributed by atoms with Crippen LogP contribution < -0.4 is 5.32 Å². The molecule has 116 valence electrons. The summed E-state index contributed by atoms with van der Waals surface area (Å²) in [6.07, 6.45) is 3.28. The minimum Gasteiger partial charge on any atom is -0.353 e. The summed E-state index contributed by atoms with van der Waals surface area (Å²) in [5.74, 6) is -0.152. The van der Waals surface area contributed by atoms with E-state index in [0.717, 1.165) is 17.5 Å². The number of benzene rings is 1. The minimum atomic E-state index is -0.370. The Morgan fingerprint density at radius 1 is 1.45 bits per heavy atom. The molecular weight excluding hydrogens is 280 g/mol. The molecule has 6 heteroatoms. The lowest BCUT2D eigenvalue weighted by molar-refractivity contribution is -0.128. The van der Waals surface area contributed by atoms with Gasteiger partial charge in [0.05, 0.1) is 17.4 Å². The number of imidazole rings is 1. The maximum atomic E-state index is 12.8. The number of amides is 2. The van der Waals surface area contributed by atoms with Crippen LogP contribution in [0.25, 0.3) is 11.0 Å². The van der Waals surface area contributed by atoms with E-state index >= 15 is 0 Å². The number of rotatable bonds is 3. The Morgan fingerprint density at radius 3 is 3.05 bits per heavy atom. The van der Waals surface area contributed by atoms with Gasteiger partial charge in [-0.1, -0.05) is 13.3 Å². The molecule has 0 spiro atoms. The normalized spacial score (nSPS) is 18.5. The number of hydrogen-bond acceptors (Lipinski definition) is 3. The maximum Gasteiger partial charge on any atom is 0.254 e. The first kappa shape index (κ1) is 14.6. The Kier molecular flexibility index (Phi) is 3.83. The number of fused-ring (bicyclic) bond motifs is 1. The lowest BCUT2D eigenvalue weighted by atomic mass is 10.0. The Bertz CT molecular complexity index is 722. The van der Waals surface area contributed by atoms with E-state index in [4.69, 9.17) is 0 Å². The van der Waals surface area contributed by atoms with Crippen molar-refractivity contribution in [3.05, 3.63) is 30.1 Å². The molecule has 2 amide bonds. The molecule has 1 aliphatic rings. The minimum absolute atomic E-state index is 0.0552. The van der Waals surface area contributed by atoms with E-state index < -0.39 is 0 Å². The molecule has 3 rings (SSSR count). The predicted molar refractivity (Wildman–Crippen MR) is 83.5 cm³/mol. The molecule has 1 N–H and O–H groups in total. The lowest BCUT2D eigenvalue weighted by Gasteiger charge is -2.35. The van der Waals surface area contributed by atoms with Crippen molar-refractivity contribution >= 4 is 22.8 Å². The van der Waals surface area contributed by atoms with Crippen LogP contribution in [0.15, 0.2) is 24.5 Å². The van der Waals surface area contributed by atoms with Gasteiger partial charge in [0, 0.05) is 25.7 Å². The third-order valence-corrected chi connectivity index (χ3v) is 4.13. The summed E-state index contributed by atoms with van der Waals surface area (Å²) in [4.78, 5) is 30.8. The number of carbonyl (C=O) groups is 2. The molecule has 1 aromatic heterocycles. The first-order valence-electron chi connectivity index (χ1n) is 7.61. The standard InChI is InChI=1S/C16H20N4O2/c1-3-4-14-15(21)17-7-8-20(14)16(22)11-5-6-13-12(9-11)18-10-19(13)2/h5-6,9-10,14H,3-4,7-8H2,1-2H3,(H,17,21). The third kappa shape index (κ3) is 2.45. The van der Waals surface area contributed by atoms with Crippen LogP contribution in [0.1, 0.15) is 30.1 Å². The average molecular weight is 300 g/mol. The third-order valence-electron chi connectivity index (χ3n) is 4.13. The fourth-order valence-corrected chi connectivity index (χ4v) is 2.95. The summed E-state index contributed by atoms with van der Waals surface area (Å²) < 4.78 is 1.91. The Labute approximate surface area is 129 Å². The van der Waals surface area contributed by atoms with Crippen molar-refractivity contribution in [1.29, 1.82) is 0 Å². The van der Waals surface area contributed by atoms with E-state index in [0.29, 0.717) is 25.1 Å². The highest BCUT2D eigenvalue weighted by Gasteiger charge is 2.32. The number of carbonyl (C=O) groups excluding carboxylic acids is 2. The molecule has 1 atom stereocenters. The summed E-state index contributed by atoms with van der Waals surface area (Å²) >= 11 is 0. The van der Waals surface area contributed by atoms with Crippen molar-refractivity contribution in [3.63, 3.8) is 0 Å². The van der Waals surface area contributed by atoms with Crippen LogP contribution in [0.4, 0.5) is 0 Å². The number of aryl methyl sites for hydroxylation is 1. The van der Waals surface area contributed by atoms with E-state index in [1.807, 2.05) is 30.7 Å². The van der Waals surface area contributed by atoms with Gasteiger partial charge in [-0.25, -0.2) is 4.98 Å². The maximum absolute atomic E-state index is 12.8. The lowest BCUT2D eigenvalue weighted by Crippen LogP contribution is -2.57. The van der Waals surface area contributed by atoms with Gasteiger partial charge in [0.15, 0.2) is 0 Å². The molecular formula is C16H20N4O2. The van der Waals surface area contributed by atoms with Gasteiger partial charge in [-0.05, 0) is 24.6 Å². The van der Waals surface area contributed by atoms with Gasteiger partial charge in [-0.15, -0.1) is 0 Å². The Morgan fingerprint density at radius 2 is 2.27 bits per heavy atom. The van der Waals surface area contributed by atoms with E-state index in [1.165, 1.54) is 0 Å². The van der Waals surface area contributed by atoms with E-state index in [9.17, 15) is 9.59 Å². The molecule has 1 unspecified atom stereocenters. The summed E-state index contributed by atoms with van der Waals surface area (Å²) in [7, 11) is 1.92.